The highest BCUT2D eigenvalue weighted by atomic mass is 79.9. The fourth-order valence-corrected chi connectivity index (χ4v) is 2.62. The Morgan fingerprint density at radius 2 is 2.24 bits per heavy atom. The van der Waals surface area contributed by atoms with Crippen molar-refractivity contribution in [3.8, 4) is 0 Å². The third-order valence-electron chi connectivity index (χ3n) is 3.19. The number of hydrogen-bond donors (Lipinski definition) is 2. The highest BCUT2D eigenvalue weighted by Gasteiger charge is 2.27. The Balaban J connectivity index is 2.15. The fourth-order valence-electron chi connectivity index (χ4n) is 2.26. The van der Waals surface area contributed by atoms with Gasteiger partial charge in [-0.1, -0.05) is 0 Å². The molecule has 0 amide bonds. The van der Waals surface area contributed by atoms with Gasteiger partial charge in [0.1, 0.15) is 5.82 Å². The second kappa shape index (κ2) is 5.23. The van der Waals surface area contributed by atoms with Gasteiger partial charge in [-0.3, -0.25) is 0 Å². The first-order valence-corrected chi connectivity index (χ1v) is 6.45. The minimum Gasteiger partial charge on any atom is -0.397 e. The fraction of sp³-hybridized carbons (Fsp3) is 0.500. The van der Waals surface area contributed by atoms with Gasteiger partial charge in [0.25, 0.3) is 0 Å². The third-order valence-corrected chi connectivity index (χ3v) is 3.80. The summed E-state index contributed by atoms with van der Waals surface area (Å²) in [6, 6.07) is 3.21. The van der Waals surface area contributed by atoms with Crippen LogP contribution >= 0.6 is 15.9 Å². The number of benzene rings is 1. The highest BCUT2D eigenvalue weighted by molar-refractivity contribution is 9.10. The molecule has 0 radical (unpaired) electrons. The number of halogens is 2. The molecular formula is C12H16BrFN2O. The van der Waals surface area contributed by atoms with Gasteiger partial charge in [-0.25, -0.2) is 4.39 Å². The van der Waals surface area contributed by atoms with Crippen LogP contribution in [-0.4, -0.2) is 19.3 Å². The van der Waals surface area contributed by atoms with Crippen LogP contribution in [0, 0.1) is 5.82 Å². The van der Waals surface area contributed by atoms with Gasteiger partial charge in [-0.05, 0) is 41.3 Å². The lowest BCUT2D eigenvalue weighted by atomic mass is 10.2. The Bertz CT molecular complexity index is 414. The minimum absolute atomic E-state index is 0.182. The summed E-state index contributed by atoms with van der Waals surface area (Å²) >= 11 is 3.11. The molecule has 2 rings (SSSR count). The summed E-state index contributed by atoms with van der Waals surface area (Å²) in [5.74, 6) is -0.311. The van der Waals surface area contributed by atoms with Gasteiger partial charge in [0, 0.05) is 13.2 Å². The van der Waals surface area contributed by atoms with Crippen LogP contribution < -0.4 is 11.1 Å². The molecule has 17 heavy (non-hydrogen) atoms. The molecule has 2 atom stereocenters. The first kappa shape index (κ1) is 12.6. The van der Waals surface area contributed by atoms with Crippen molar-refractivity contribution in [2.75, 3.05) is 18.2 Å². The average molecular weight is 303 g/mol. The molecular weight excluding hydrogens is 287 g/mol. The number of nitrogens with two attached hydrogens (primary N) is 1. The van der Waals surface area contributed by atoms with E-state index in [2.05, 4.69) is 21.2 Å². The van der Waals surface area contributed by atoms with Gasteiger partial charge in [-0.2, -0.15) is 0 Å². The van der Waals surface area contributed by atoms with E-state index in [9.17, 15) is 4.39 Å². The molecule has 0 aromatic heterocycles. The van der Waals surface area contributed by atoms with Crippen molar-refractivity contribution in [2.45, 2.75) is 31.4 Å². The van der Waals surface area contributed by atoms with E-state index in [1.54, 1.807) is 13.2 Å². The third kappa shape index (κ3) is 2.72. The maximum atomic E-state index is 13.4. The van der Waals surface area contributed by atoms with Gasteiger partial charge in [0.2, 0.25) is 0 Å². The zero-order valence-electron chi connectivity index (χ0n) is 9.67. The number of nitrogen functional groups attached to an aromatic ring is 1. The van der Waals surface area contributed by atoms with E-state index in [1.807, 2.05) is 0 Å². The Labute approximate surface area is 109 Å². The van der Waals surface area contributed by atoms with Crippen molar-refractivity contribution < 1.29 is 9.13 Å². The van der Waals surface area contributed by atoms with Gasteiger partial charge in [0.05, 0.1) is 28.0 Å². The summed E-state index contributed by atoms with van der Waals surface area (Å²) < 4.78 is 19.2. The zero-order valence-corrected chi connectivity index (χ0v) is 11.3. The number of hydrogen-bond acceptors (Lipinski definition) is 3. The molecule has 0 bridgehead atoms. The number of ether oxygens (including phenoxy) is 1. The zero-order chi connectivity index (χ0) is 12.4. The molecule has 1 saturated carbocycles. The first-order chi connectivity index (χ1) is 8.11. The summed E-state index contributed by atoms with van der Waals surface area (Å²) in [5, 5.41) is 3.27. The van der Waals surface area contributed by atoms with Crippen LogP contribution in [0.3, 0.4) is 0 Å². The smallest absolute Gasteiger partial charge is 0.139 e. The first-order valence-electron chi connectivity index (χ1n) is 5.65. The Kier molecular flexibility index (Phi) is 3.89. The lowest BCUT2D eigenvalue weighted by Gasteiger charge is -2.22. The van der Waals surface area contributed by atoms with Crippen LogP contribution in [0.2, 0.25) is 0 Å². The molecule has 1 aliphatic carbocycles. The largest absolute Gasteiger partial charge is 0.397 e. The second-order valence-corrected chi connectivity index (χ2v) is 5.16. The van der Waals surface area contributed by atoms with Gasteiger partial charge in [-0.15, -0.1) is 0 Å². The van der Waals surface area contributed by atoms with E-state index < -0.39 is 0 Å². The molecule has 3 nitrogen and oxygen atoms in total. The molecule has 1 fully saturated rings. The summed E-state index contributed by atoms with van der Waals surface area (Å²) in [5.41, 5.74) is 7.04. The topological polar surface area (TPSA) is 47.3 Å². The van der Waals surface area contributed by atoms with Crippen molar-refractivity contribution in [1.29, 1.82) is 0 Å². The molecule has 2 unspecified atom stereocenters. The predicted octanol–water partition coefficient (Wildman–Crippen LogP) is 3.15. The van der Waals surface area contributed by atoms with E-state index >= 15 is 0 Å². The Morgan fingerprint density at radius 3 is 2.94 bits per heavy atom. The monoisotopic (exact) mass is 302 g/mol. The van der Waals surface area contributed by atoms with Crippen LogP contribution in [0.15, 0.2) is 16.6 Å². The summed E-state index contributed by atoms with van der Waals surface area (Å²) in [4.78, 5) is 0. The van der Waals surface area contributed by atoms with Crippen LogP contribution in [0.5, 0.6) is 0 Å². The maximum absolute atomic E-state index is 13.4. The van der Waals surface area contributed by atoms with Crippen LogP contribution in [0.4, 0.5) is 15.8 Å². The van der Waals surface area contributed by atoms with Crippen molar-refractivity contribution in [3.05, 3.63) is 22.4 Å². The van der Waals surface area contributed by atoms with Crippen molar-refractivity contribution in [1.82, 2.24) is 0 Å². The summed E-state index contributed by atoms with van der Waals surface area (Å²) in [6.45, 7) is 0. The number of methoxy groups -OCH3 is 1. The van der Waals surface area contributed by atoms with E-state index in [1.165, 1.54) is 6.07 Å². The number of nitrogens with one attached hydrogen (secondary N) is 1. The summed E-state index contributed by atoms with van der Waals surface area (Å²) in [6.07, 6.45) is 3.36. The standard InChI is InChI=1S/C12H16BrFN2O/c1-17-12-4-2-3-10(12)16-11-6-8(14)7(13)5-9(11)15/h5-6,10,12,16H,2-4,15H2,1H3. The molecule has 3 N–H and O–H groups in total. The molecule has 0 aliphatic heterocycles. The quantitative estimate of drug-likeness (QED) is 0.843. The lowest BCUT2D eigenvalue weighted by molar-refractivity contribution is 0.101. The van der Waals surface area contributed by atoms with Crippen LogP contribution in [-0.2, 0) is 4.74 Å². The Morgan fingerprint density at radius 1 is 1.47 bits per heavy atom. The molecule has 94 valence electrons. The molecule has 0 heterocycles. The van der Waals surface area contributed by atoms with Crippen LogP contribution in [0.1, 0.15) is 19.3 Å². The molecule has 5 heteroatoms. The van der Waals surface area contributed by atoms with Crippen LogP contribution in [0.25, 0.3) is 0 Å². The minimum atomic E-state index is -0.311. The lowest BCUT2D eigenvalue weighted by Crippen LogP contribution is -2.30. The second-order valence-electron chi connectivity index (χ2n) is 4.31. The molecule has 0 spiro atoms. The molecule has 1 aliphatic rings. The normalized spacial score (nSPS) is 23.9. The van der Waals surface area contributed by atoms with E-state index in [0.717, 1.165) is 19.3 Å². The molecule has 1 aromatic rings. The summed E-state index contributed by atoms with van der Waals surface area (Å²) in [7, 11) is 1.70. The molecule has 0 saturated heterocycles. The Hall–Kier alpha value is -0.810. The van der Waals surface area contributed by atoms with Crippen molar-refractivity contribution >= 4 is 27.3 Å². The van der Waals surface area contributed by atoms with Gasteiger partial charge >= 0.3 is 0 Å². The van der Waals surface area contributed by atoms with Gasteiger partial charge in [0.15, 0.2) is 0 Å². The maximum Gasteiger partial charge on any atom is 0.139 e. The average Bonchev–Trinajstić information content (AvgIpc) is 2.73. The van der Waals surface area contributed by atoms with E-state index in [4.69, 9.17) is 10.5 Å². The van der Waals surface area contributed by atoms with E-state index in [-0.39, 0.29) is 18.0 Å². The van der Waals surface area contributed by atoms with Gasteiger partial charge < -0.3 is 15.8 Å². The number of rotatable bonds is 3. The van der Waals surface area contributed by atoms with Crippen molar-refractivity contribution in [3.63, 3.8) is 0 Å². The van der Waals surface area contributed by atoms with E-state index in [0.29, 0.717) is 15.8 Å². The molecule has 1 aromatic carbocycles. The highest BCUT2D eigenvalue weighted by Crippen LogP contribution is 2.30. The predicted molar refractivity (Wildman–Crippen MR) is 70.6 cm³/mol. The van der Waals surface area contributed by atoms with Crippen molar-refractivity contribution in [2.24, 2.45) is 0 Å². The SMILES string of the molecule is COC1CCCC1Nc1cc(F)c(Br)cc1N. The number of anilines is 2.